The van der Waals surface area contributed by atoms with Crippen LogP contribution < -0.4 is 0 Å². The second-order valence-corrected chi connectivity index (χ2v) is 6.64. The number of rotatable bonds is 3. The van der Waals surface area contributed by atoms with E-state index in [4.69, 9.17) is 9.47 Å². The summed E-state index contributed by atoms with van der Waals surface area (Å²) in [6.07, 6.45) is 2.48. The van der Waals surface area contributed by atoms with Gasteiger partial charge in [-0.3, -0.25) is 0 Å². The van der Waals surface area contributed by atoms with E-state index in [-0.39, 0.29) is 11.9 Å². The smallest absolute Gasteiger partial charge is 0.338 e. The summed E-state index contributed by atoms with van der Waals surface area (Å²) in [5, 5.41) is 0. The lowest BCUT2D eigenvalue weighted by Crippen LogP contribution is -2.25. The second kappa shape index (κ2) is 6.83. The van der Waals surface area contributed by atoms with Crippen molar-refractivity contribution in [2.75, 3.05) is 7.11 Å². The maximum atomic E-state index is 12.7. The first kappa shape index (κ1) is 16.6. The fourth-order valence-electron chi connectivity index (χ4n) is 4.04. The van der Waals surface area contributed by atoms with Crippen molar-refractivity contribution in [1.82, 2.24) is 0 Å². The molecule has 0 N–H and O–H groups in total. The van der Waals surface area contributed by atoms with Crippen molar-refractivity contribution in [3.63, 3.8) is 0 Å². The van der Waals surface area contributed by atoms with Crippen LogP contribution in [-0.4, -0.2) is 13.1 Å². The van der Waals surface area contributed by atoms with Gasteiger partial charge in [0.1, 0.15) is 11.5 Å². The normalized spacial score (nSPS) is 18.8. The van der Waals surface area contributed by atoms with Crippen molar-refractivity contribution in [1.29, 1.82) is 0 Å². The van der Waals surface area contributed by atoms with E-state index in [0.29, 0.717) is 17.8 Å². The minimum Gasteiger partial charge on any atom is -0.466 e. The van der Waals surface area contributed by atoms with Gasteiger partial charge in [0.15, 0.2) is 0 Å². The molecule has 0 bridgehead atoms. The van der Waals surface area contributed by atoms with Crippen LogP contribution in [0.15, 0.2) is 71.5 Å². The number of aryl methyl sites for hydroxylation is 1. The molecule has 1 aliphatic carbocycles. The Morgan fingerprint density at radius 1 is 1.08 bits per heavy atom. The molecule has 2 aliphatic rings. The Bertz CT molecular complexity index is 906. The number of carbonyl (C=O) groups is 1. The molecular weight excluding hydrogens is 324 g/mol. The number of methoxy groups -OCH3 is 1. The van der Waals surface area contributed by atoms with Crippen molar-refractivity contribution >= 4 is 11.7 Å². The van der Waals surface area contributed by atoms with Gasteiger partial charge in [0, 0.05) is 17.9 Å². The predicted molar refractivity (Wildman–Crippen MR) is 101 cm³/mol. The minimum atomic E-state index is -0.305. The van der Waals surface area contributed by atoms with Crippen LogP contribution in [0, 0.1) is 0 Å². The van der Waals surface area contributed by atoms with Crippen LogP contribution in [-0.2, 0) is 20.7 Å². The van der Waals surface area contributed by atoms with E-state index in [1.165, 1.54) is 18.2 Å². The van der Waals surface area contributed by atoms with E-state index in [9.17, 15) is 4.79 Å². The molecule has 0 aromatic heterocycles. The van der Waals surface area contributed by atoms with Gasteiger partial charge in [-0.25, -0.2) is 4.79 Å². The van der Waals surface area contributed by atoms with Crippen LogP contribution >= 0.6 is 0 Å². The number of allylic oxidation sites excluding steroid dienone is 2. The molecule has 1 atom stereocenters. The van der Waals surface area contributed by atoms with Gasteiger partial charge in [-0.05, 0) is 29.5 Å². The number of fused-ring (bicyclic) bond motifs is 2. The minimum absolute atomic E-state index is 0.115. The maximum Gasteiger partial charge on any atom is 0.338 e. The SMILES string of the molecule is CCC1=C(C(=O)OC)C(c2ccccc2)C2=C(O1)c1ccccc1CC2. The highest BCUT2D eigenvalue weighted by Gasteiger charge is 2.38. The van der Waals surface area contributed by atoms with Crippen molar-refractivity contribution in [2.45, 2.75) is 32.1 Å². The number of hydrogen-bond acceptors (Lipinski definition) is 3. The molecule has 4 rings (SSSR count). The molecule has 132 valence electrons. The van der Waals surface area contributed by atoms with Crippen LogP contribution in [0.25, 0.3) is 5.76 Å². The van der Waals surface area contributed by atoms with Crippen molar-refractivity contribution in [3.8, 4) is 0 Å². The summed E-state index contributed by atoms with van der Waals surface area (Å²) >= 11 is 0. The maximum absolute atomic E-state index is 12.7. The average molecular weight is 346 g/mol. The predicted octanol–water partition coefficient (Wildman–Crippen LogP) is 5.00. The summed E-state index contributed by atoms with van der Waals surface area (Å²) in [4.78, 5) is 12.7. The Morgan fingerprint density at radius 2 is 1.81 bits per heavy atom. The summed E-state index contributed by atoms with van der Waals surface area (Å²) in [6.45, 7) is 2.01. The van der Waals surface area contributed by atoms with Gasteiger partial charge in [-0.2, -0.15) is 0 Å². The van der Waals surface area contributed by atoms with E-state index >= 15 is 0 Å². The van der Waals surface area contributed by atoms with Crippen LogP contribution in [0.4, 0.5) is 0 Å². The first-order chi connectivity index (χ1) is 12.7. The average Bonchev–Trinajstić information content (AvgIpc) is 2.72. The number of ether oxygens (including phenoxy) is 2. The van der Waals surface area contributed by atoms with Crippen LogP contribution in [0.1, 0.15) is 42.4 Å². The highest BCUT2D eigenvalue weighted by molar-refractivity contribution is 5.94. The van der Waals surface area contributed by atoms with Gasteiger partial charge in [-0.1, -0.05) is 61.5 Å². The Morgan fingerprint density at radius 3 is 2.54 bits per heavy atom. The van der Waals surface area contributed by atoms with Crippen LogP contribution in [0.5, 0.6) is 0 Å². The summed E-state index contributed by atoms with van der Waals surface area (Å²) in [5.41, 5.74) is 5.36. The van der Waals surface area contributed by atoms with E-state index in [2.05, 4.69) is 30.3 Å². The third kappa shape index (κ3) is 2.64. The zero-order chi connectivity index (χ0) is 18.1. The number of benzene rings is 2. The number of hydrogen-bond donors (Lipinski definition) is 0. The topological polar surface area (TPSA) is 35.5 Å². The molecule has 0 fully saturated rings. The van der Waals surface area contributed by atoms with Crippen molar-refractivity contribution in [2.24, 2.45) is 0 Å². The van der Waals surface area contributed by atoms with Gasteiger partial charge >= 0.3 is 5.97 Å². The Hall–Kier alpha value is -2.81. The molecule has 0 saturated carbocycles. The third-order valence-corrected chi connectivity index (χ3v) is 5.24. The highest BCUT2D eigenvalue weighted by Crippen LogP contribution is 2.48. The molecule has 26 heavy (non-hydrogen) atoms. The fraction of sp³-hybridized carbons (Fsp3) is 0.261. The molecule has 3 nitrogen and oxygen atoms in total. The largest absolute Gasteiger partial charge is 0.466 e. The molecule has 0 amide bonds. The standard InChI is InChI=1S/C23H22O3/c1-3-19-21(23(24)25-2)20(16-10-5-4-6-11-16)18-14-13-15-9-7-8-12-17(15)22(18)26-19/h4-12,20H,3,13-14H2,1-2H3. The zero-order valence-corrected chi connectivity index (χ0v) is 15.1. The first-order valence-electron chi connectivity index (χ1n) is 9.10. The molecule has 3 heteroatoms. The molecule has 2 aromatic carbocycles. The van der Waals surface area contributed by atoms with E-state index in [1.807, 2.05) is 31.2 Å². The number of carbonyl (C=O) groups excluding carboxylic acids is 1. The lowest BCUT2D eigenvalue weighted by molar-refractivity contribution is -0.136. The summed E-state index contributed by atoms with van der Waals surface area (Å²) in [6, 6.07) is 18.6. The summed E-state index contributed by atoms with van der Waals surface area (Å²) in [7, 11) is 1.44. The van der Waals surface area contributed by atoms with Gasteiger partial charge in [0.2, 0.25) is 0 Å². The Labute approximate surface area is 154 Å². The van der Waals surface area contributed by atoms with Gasteiger partial charge in [0.25, 0.3) is 0 Å². The Kier molecular flexibility index (Phi) is 4.37. The lowest BCUT2D eigenvalue weighted by atomic mass is 9.75. The molecule has 1 aliphatic heterocycles. The Balaban J connectivity index is 1.94. The molecule has 0 radical (unpaired) electrons. The molecule has 0 spiro atoms. The summed E-state index contributed by atoms with van der Waals surface area (Å²) < 4.78 is 11.4. The van der Waals surface area contributed by atoms with Gasteiger partial charge in [0.05, 0.1) is 12.7 Å². The number of esters is 1. The van der Waals surface area contributed by atoms with Crippen molar-refractivity contribution < 1.29 is 14.3 Å². The molecule has 0 saturated heterocycles. The molecule has 2 aromatic rings. The fourth-order valence-corrected chi connectivity index (χ4v) is 4.04. The van der Waals surface area contributed by atoms with Gasteiger partial charge in [-0.15, -0.1) is 0 Å². The van der Waals surface area contributed by atoms with E-state index in [0.717, 1.165) is 29.7 Å². The van der Waals surface area contributed by atoms with Crippen LogP contribution in [0.3, 0.4) is 0 Å². The quantitative estimate of drug-likeness (QED) is 0.734. The van der Waals surface area contributed by atoms with E-state index in [1.54, 1.807) is 0 Å². The first-order valence-corrected chi connectivity index (χ1v) is 9.10. The monoisotopic (exact) mass is 346 g/mol. The van der Waals surface area contributed by atoms with Crippen molar-refractivity contribution in [3.05, 3.63) is 88.2 Å². The second-order valence-electron chi connectivity index (χ2n) is 6.64. The lowest BCUT2D eigenvalue weighted by Gasteiger charge is -2.35. The highest BCUT2D eigenvalue weighted by atomic mass is 16.5. The molecule has 1 heterocycles. The van der Waals surface area contributed by atoms with Gasteiger partial charge < -0.3 is 9.47 Å². The zero-order valence-electron chi connectivity index (χ0n) is 15.1. The molecular formula is C23H22O3. The van der Waals surface area contributed by atoms with E-state index < -0.39 is 0 Å². The summed E-state index contributed by atoms with van der Waals surface area (Å²) in [5.74, 6) is 1.21. The third-order valence-electron chi connectivity index (χ3n) is 5.24. The van der Waals surface area contributed by atoms with Crippen LogP contribution in [0.2, 0.25) is 0 Å². The molecule has 1 unspecified atom stereocenters.